The third-order valence-electron chi connectivity index (χ3n) is 4.03. The van der Waals surface area contributed by atoms with E-state index in [1.165, 1.54) is 19.3 Å². The number of hydrogen-bond acceptors (Lipinski definition) is 3. The van der Waals surface area contributed by atoms with E-state index in [0.29, 0.717) is 12.1 Å². The zero-order valence-corrected chi connectivity index (χ0v) is 13.4. The van der Waals surface area contributed by atoms with Crippen LogP contribution in [0, 0.1) is 0 Å². The molecule has 0 heterocycles. The smallest absolute Gasteiger partial charge is 0.120 e. The molecule has 0 aliphatic heterocycles. The molecule has 0 radical (unpaired) electrons. The van der Waals surface area contributed by atoms with Crippen molar-refractivity contribution in [1.29, 1.82) is 0 Å². The van der Waals surface area contributed by atoms with Gasteiger partial charge in [0.2, 0.25) is 0 Å². The Balaban J connectivity index is 1.65. The van der Waals surface area contributed by atoms with Gasteiger partial charge in [-0.15, -0.1) is 0 Å². The minimum Gasteiger partial charge on any atom is -0.492 e. The van der Waals surface area contributed by atoms with Gasteiger partial charge in [0.1, 0.15) is 12.4 Å². The van der Waals surface area contributed by atoms with Gasteiger partial charge in [-0.3, -0.25) is 0 Å². The first kappa shape index (κ1) is 14.8. The highest BCUT2D eigenvalue weighted by atomic mass is 79.9. The van der Waals surface area contributed by atoms with Gasteiger partial charge < -0.3 is 15.0 Å². The predicted molar refractivity (Wildman–Crippen MR) is 82.8 cm³/mol. The largest absolute Gasteiger partial charge is 0.492 e. The van der Waals surface area contributed by atoms with Gasteiger partial charge in [0.25, 0.3) is 0 Å². The van der Waals surface area contributed by atoms with Crippen LogP contribution in [0.25, 0.3) is 0 Å². The van der Waals surface area contributed by atoms with E-state index in [1.807, 2.05) is 24.3 Å². The van der Waals surface area contributed by atoms with E-state index in [4.69, 9.17) is 4.74 Å². The van der Waals surface area contributed by atoms with Crippen LogP contribution >= 0.6 is 15.9 Å². The highest BCUT2D eigenvalue weighted by molar-refractivity contribution is 9.10. The number of ether oxygens (including phenoxy) is 1. The van der Waals surface area contributed by atoms with Gasteiger partial charge in [-0.05, 0) is 51.6 Å². The third-order valence-corrected chi connectivity index (χ3v) is 4.52. The van der Waals surface area contributed by atoms with Gasteiger partial charge in [0, 0.05) is 23.1 Å². The maximum Gasteiger partial charge on any atom is 0.120 e. The second kappa shape index (κ2) is 6.73. The molecule has 1 aliphatic rings. The molecule has 0 unspecified atom stereocenters. The average molecular weight is 327 g/mol. The van der Waals surface area contributed by atoms with Crippen molar-refractivity contribution >= 4 is 15.9 Å². The number of nitrogens with one attached hydrogen (secondary N) is 1. The number of halogens is 1. The maximum absolute atomic E-state index is 5.71. The fourth-order valence-electron chi connectivity index (χ4n) is 2.49. The molecular weight excluding hydrogens is 304 g/mol. The Morgan fingerprint density at radius 1 is 1.37 bits per heavy atom. The summed E-state index contributed by atoms with van der Waals surface area (Å²) in [5.41, 5.74) is 0.385. The lowest BCUT2D eigenvalue weighted by molar-refractivity contribution is 0.0594. The second-order valence-corrected chi connectivity index (χ2v) is 6.37. The van der Waals surface area contributed by atoms with Crippen LogP contribution in [-0.4, -0.2) is 44.2 Å². The van der Waals surface area contributed by atoms with E-state index >= 15 is 0 Å². The van der Waals surface area contributed by atoms with E-state index in [-0.39, 0.29) is 0 Å². The van der Waals surface area contributed by atoms with Crippen molar-refractivity contribution in [1.82, 2.24) is 10.2 Å². The summed E-state index contributed by atoms with van der Waals surface area (Å²) in [6.07, 6.45) is 3.97. The molecule has 0 aromatic heterocycles. The van der Waals surface area contributed by atoms with E-state index in [0.717, 1.165) is 23.3 Å². The zero-order chi connectivity index (χ0) is 13.7. The molecule has 1 aromatic rings. The van der Waals surface area contributed by atoms with Crippen molar-refractivity contribution in [3.63, 3.8) is 0 Å². The normalized spacial score (nSPS) is 17.3. The van der Waals surface area contributed by atoms with Crippen LogP contribution in [0.3, 0.4) is 0 Å². The van der Waals surface area contributed by atoms with Crippen molar-refractivity contribution in [3.05, 3.63) is 28.7 Å². The Kier molecular flexibility index (Phi) is 5.25. The lowest BCUT2D eigenvalue weighted by Gasteiger charge is -2.47. The van der Waals surface area contributed by atoms with Crippen LogP contribution in [0.5, 0.6) is 5.75 Å². The number of rotatable bonds is 7. The van der Waals surface area contributed by atoms with Crippen LogP contribution in [0.2, 0.25) is 0 Å². The van der Waals surface area contributed by atoms with E-state index in [2.05, 4.69) is 40.2 Å². The summed E-state index contributed by atoms with van der Waals surface area (Å²) >= 11 is 3.44. The van der Waals surface area contributed by atoms with Gasteiger partial charge in [0.05, 0.1) is 0 Å². The zero-order valence-electron chi connectivity index (χ0n) is 11.8. The van der Waals surface area contributed by atoms with Gasteiger partial charge in [-0.1, -0.05) is 22.0 Å². The maximum atomic E-state index is 5.71. The summed E-state index contributed by atoms with van der Waals surface area (Å²) in [5.74, 6) is 0.919. The highest BCUT2D eigenvalue weighted by Gasteiger charge is 2.38. The molecule has 19 heavy (non-hydrogen) atoms. The van der Waals surface area contributed by atoms with E-state index in [9.17, 15) is 0 Å². The van der Waals surface area contributed by atoms with E-state index < -0.39 is 0 Å². The van der Waals surface area contributed by atoms with Gasteiger partial charge >= 0.3 is 0 Å². The SMILES string of the molecule is CN(C)C1(CNCCOc2cccc(Br)c2)CCC1. The number of benzene rings is 1. The Labute approximate surface area is 124 Å². The average Bonchev–Trinajstić information content (AvgIpc) is 2.31. The number of nitrogens with zero attached hydrogens (tertiary/aromatic N) is 1. The summed E-state index contributed by atoms with van der Waals surface area (Å²) in [6, 6.07) is 7.97. The van der Waals surface area contributed by atoms with Crippen molar-refractivity contribution in [2.75, 3.05) is 33.8 Å². The highest BCUT2D eigenvalue weighted by Crippen LogP contribution is 2.35. The fraction of sp³-hybridized carbons (Fsp3) is 0.600. The summed E-state index contributed by atoms with van der Waals surface area (Å²) in [4.78, 5) is 2.36. The van der Waals surface area contributed by atoms with Crippen LogP contribution in [0.15, 0.2) is 28.7 Å². The molecule has 2 rings (SSSR count). The van der Waals surface area contributed by atoms with Crippen LogP contribution < -0.4 is 10.1 Å². The molecule has 1 N–H and O–H groups in total. The van der Waals surface area contributed by atoms with Crippen LogP contribution in [0.4, 0.5) is 0 Å². The van der Waals surface area contributed by atoms with Gasteiger partial charge in [-0.25, -0.2) is 0 Å². The standard InChI is InChI=1S/C15H23BrN2O/c1-18(2)15(7-4-8-15)12-17-9-10-19-14-6-3-5-13(16)11-14/h3,5-6,11,17H,4,7-10,12H2,1-2H3. The lowest BCUT2D eigenvalue weighted by atomic mass is 9.75. The van der Waals surface area contributed by atoms with Crippen molar-refractivity contribution in [2.24, 2.45) is 0 Å². The minimum atomic E-state index is 0.385. The van der Waals surface area contributed by atoms with Crippen molar-refractivity contribution < 1.29 is 4.74 Å². The van der Waals surface area contributed by atoms with E-state index in [1.54, 1.807) is 0 Å². The molecule has 3 nitrogen and oxygen atoms in total. The monoisotopic (exact) mass is 326 g/mol. The predicted octanol–water partition coefficient (Wildman–Crippen LogP) is 2.90. The topological polar surface area (TPSA) is 24.5 Å². The molecule has 1 fully saturated rings. The summed E-state index contributed by atoms with van der Waals surface area (Å²) in [6.45, 7) is 2.66. The Morgan fingerprint density at radius 2 is 2.16 bits per heavy atom. The fourth-order valence-corrected chi connectivity index (χ4v) is 2.86. The Bertz CT molecular complexity index is 405. The van der Waals surface area contributed by atoms with Gasteiger partial charge in [0.15, 0.2) is 0 Å². The molecule has 0 saturated heterocycles. The molecule has 1 saturated carbocycles. The van der Waals surface area contributed by atoms with Crippen molar-refractivity contribution in [2.45, 2.75) is 24.8 Å². The molecule has 0 bridgehead atoms. The van der Waals surface area contributed by atoms with Gasteiger partial charge in [-0.2, -0.15) is 0 Å². The van der Waals surface area contributed by atoms with Crippen LogP contribution in [-0.2, 0) is 0 Å². The first-order valence-corrected chi connectivity index (χ1v) is 7.68. The molecule has 1 aromatic carbocycles. The first-order chi connectivity index (χ1) is 9.12. The summed E-state index contributed by atoms with van der Waals surface area (Å²) < 4.78 is 6.76. The lowest BCUT2D eigenvalue weighted by Crippen LogP contribution is -2.56. The summed E-state index contributed by atoms with van der Waals surface area (Å²) in [7, 11) is 4.36. The number of hydrogen-bond donors (Lipinski definition) is 1. The summed E-state index contributed by atoms with van der Waals surface area (Å²) in [5, 5.41) is 3.52. The minimum absolute atomic E-state index is 0.385. The molecular formula is C15H23BrN2O. The molecule has 106 valence electrons. The number of likely N-dealkylation sites (N-methyl/N-ethyl adjacent to an activating group) is 1. The quantitative estimate of drug-likeness (QED) is 0.780. The second-order valence-electron chi connectivity index (χ2n) is 5.45. The third kappa shape index (κ3) is 3.94. The molecule has 0 amide bonds. The Hall–Kier alpha value is -0.580. The van der Waals surface area contributed by atoms with Crippen molar-refractivity contribution in [3.8, 4) is 5.75 Å². The Morgan fingerprint density at radius 3 is 2.74 bits per heavy atom. The molecule has 4 heteroatoms. The molecule has 0 spiro atoms. The first-order valence-electron chi connectivity index (χ1n) is 6.89. The molecule has 0 atom stereocenters. The molecule has 1 aliphatic carbocycles. The van der Waals surface area contributed by atoms with Crippen LogP contribution in [0.1, 0.15) is 19.3 Å².